The Kier molecular flexibility index (Phi) is 6.35. The van der Waals surface area contributed by atoms with Crippen molar-refractivity contribution >= 4 is 0 Å². The number of hydrogen-bond acceptors (Lipinski definition) is 2. The maximum atomic E-state index is 6.21. The van der Waals surface area contributed by atoms with Crippen LogP contribution in [-0.2, 0) is 0 Å². The third-order valence-corrected chi connectivity index (χ3v) is 5.72. The van der Waals surface area contributed by atoms with Crippen LogP contribution in [0.3, 0.4) is 0 Å². The molecule has 0 radical (unpaired) electrons. The molecule has 2 heteroatoms. The van der Waals surface area contributed by atoms with Crippen LogP contribution in [0.15, 0.2) is 0 Å². The molecule has 0 aromatic heterocycles. The van der Waals surface area contributed by atoms with Crippen LogP contribution >= 0.6 is 0 Å². The van der Waals surface area contributed by atoms with Crippen LogP contribution in [-0.4, -0.2) is 30.6 Å². The summed E-state index contributed by atoms with van der Waals surface area (Å²) in [4.78, 5) is 2.84. The number of nitrogens with zero attached hydrogens (tertiary/aromatic N) is 1. The second-order valence-electron chi connectivity index (χ2n) is 7.86. The molecule has 0 heterocycles. The summed E-state index contributed by atoms with van der Waals surface area (Å²) in [6, 6.07) is 0.860. The molecule has 2 fully saturated rings. The zero-order valence-corrected chi connectivity index (χ0v) is 13.9. The van der Waals surface area contributed by atoms with Gasteiger partial charge in [0.15, 0.2) is 0 Å². The fourth-order valence-electron chi connectivity index (χ4n) is 4.24. The van der Waals surface area contributed by atoms with E-state index in [0.717, 1.165) is 18.5 Å². The van der Waals surface area contributed by atoms with Gasteiger partial charge in [-0.3, -0.25) is 4.90 Å². The Morgan fingerprint density at radius 3 is 2.25 bits per heavy atom. The molecule has 0 atom stereocenters. The maximum absolute atomic E-state index is 6.21. The van der Waals surface area contributed by atoms with Gasteiger partial charge in [-0.25, -0.2) is 0 Å². The van der Waals surface area contributed by atoms with Crippen LogP contribution in [0.5, 0.6) is 0 Å². The van der Waals surface area contributed by atoms with Gasteiger partial charge in [0, 0.05) is 12.6 Å². The maximum Gasteiger partial charge on any atom is 0.00955 e. The second-order valence-corrected chi connectivity index (χ2v) is 7.86. The van der Waals surface area contributed by atoms with E-state index in [1.165, 1.54) is 77.3 Å². The summed E-state index contributed by atoms with van der Waals surface area (Å²) < 4.78 is 0. The van der Waals surface area contributed by atoms with Gasteiger partial charge in [-0.15, -0.1) is 0 Å². The highest BCUT2D eigenvalue weighted by Crippen LogP contribution is 2.38. The third-order valence-electron chi connectivity index (χ3n) is 5.72. The summed E-state index contributed by atoms with van der Waals surface area (Å²) in [6.45, 7) is 8.18. The fourth-order valence-corrected chi connectivity index (χ4v) is 4.24. The van der Waals surface area contributed by atoms with Crippen LogP contribution in [0.1, 0.15) is 78.1 Å². The summed E-state index contributed by atoms with van der Waals surface area (Å²) in [5.74, 6) is 0.819. The smallest absolute Gasteiger partial charge is 0.00955 e. The van der Waals surface area contributed by atoms with E-state index in [1.54, 1.807) is 0 Å². The number of nitrogens with two attached hydrogens (primary N) is 1. The van der Waals surface area contributed by atoms with Crippen LogP contribution in [0.25, 0.3) is 0 Å². The van der Waals surface area contributed by atoms with E-state index in [-0.39, 0.29) is 0 Å². The van der Waals surface area contributed by atoms with Crippen molar-refractivity contribution in [3.05, 3.63) is 0 Å². The Bertz CT molecular complexity index is 263. The van der Waals surface area contributed by atoms with Gasteiger partial charge in [-0.1, -0.05) is 46.0 Å². The first-order valence-electron chi connectivity index (χ1n) is 9.09. The lowest BCUT2D eigenvalue weighted by Crippen LogP contribution is -2.47. The van der Waals surface area contributed by atoms with Gasteiger partial charge in [0.1, 0.15) is 0 Å². The van der Waals surface area contributed by atoms with E-state index in [2.05, 4.69) is 18.7 Å². The monoisotopic (exact) mass is 280 g/mol. The summed E-state index contributed by atoms with van der Waals surface area (Å²) in [5, 5.41) is 0. The molecule has 2 rings (SSSR count). The van der Waals surface area contributed by atoms with Crippen molar-refractivity contribution in [1.82, 2.24) is 4.90 Å². The van der Waals surface area contributed by atoms with Gasteiger partial charge in [0.05, 0.1) is 0 Å². The molecule has 2 nitrogen and oxygen atoms in total. The Balaban J connectivity index is 1.96. The first-order valence-corrected chi connectivity index (χ1v) is 9.09. The molecular formula is C18H36N2. The first-order chi connectivity index (χ1) is 9.65. The molecule has 0 spiro atoms. The molecule has 0 aromatic rings. The van der Waals surface area contributed by atoms with Crippen molar-refractivity contribution in [2.45, 2.75) is 84.1 Å². The lowest BCUT2D eigenvalue weighted by Gasteiger charge is -2.42. The molecule has 20 heavy (non-hydrogen) atoms. The molecule has 118 valence electrons. The standard InChI is InChI=1S/C18H36N2/c1-16(2)10-13-20(17-8-4-5-9-17)15-18(14-19)11-6-3-7-12-18/h16-17H,3-15,19H2,1-2H3. The van der Waals surface area contributed by atoms with Crippen molar-refractivity contribution in [3.63, 3.8) is 0 Å². The molecule has 2 N–H and O–H groups in total. The highest BCUT2D eigenvalue weighted by atomic mass is 15.2. The molecule has 0 aliphatic heterocycles. The summed E-state index contributed by atoms with van der Waals surface area (Å²) in [6.07, 6.45) is 14.1. The van der Waals surface area contributed by atoms with E-state index in [9.17, 15) is 0 Å². The second kappa shape index (κ2) is 7.79. The molecular weight excluding hydrogens is 244 g/mol. The average molecular weight is 280 g/mol. The van der Waals surface area contributed by atoms with Crippen LogP contribution < -0.4 is 5.73 Å². The molecule has 0 amide bonds. The fraction of sp³-hybridized carbons (Fsp3) is 1.00. The summed E-state index contributed by atoms with van der Waals surface area (Å²) >= 11 is 0. The Hall–Kier alpha value is -0.0800. The SMILES string of the molecule is CC(C)CCN(CC1(CN)CCCCC1)C1CCCC1. The van der Waals surface area contributed by atoms with Gasteiger partial charge < -0.3 is 5.73 Å². The van der Waals surface area contributed by atoms with Crippen molar-refractivity contribution in [3.8, 4) is 0 Å². The zero-order valence-electron chi connectivity index (χ0n) is 13.9. The predicted octanol–water partition coefficient (Wildman–Crippen LogP) is 4.19. The Morgan fingerprint density at radius 1 is 1.05 bits per heavy atom. The normalized spacial score (nSPS) is 23.9. The minimum atomic E-state index is 0.442. The van der Waals surface area contributed by atoms with E-state index < -0.39 is 0 Å². The summed E-state index contributed by atoms with van der Waals surface area (Å²) in [5.41, 5.74) is 6.66. The van der Waals surface area contributed by atoms with Gasteiger partial charge in [0.2, 0.25) is 0 Å². The zero-order chi connectivity index (χ0) is 14.4. The van der Waals surface area contributed by atoms with Gasteiger partial charge in [0.25, 0.3) is 0 Å². The Labute approximate surface area is 126 Å². The molecule has 0 aromatic carbocycles. The molecule has 2 saturated carbocycles. The lowest BCUT2D eigenvalue weighted by atomic mass is 9.73. The highest BCUT2D eigenvalue weighted by molar-refractivity contribution is 4.89. The van der Waals surface area contributed by atoms with Crippen LogP contribution in [0, 0.1) is 11.3 Å². The average Bonchev–Trinajstić information content (AvgIpc) is 2.98. The van der Waals surface area contributed by atoms with Crippen molar-refractivity contribution in [1.29, 1.82) is 0 Å². The highest BCUT2D eigenvalue weighted by Gasteiger charge is 2.35. The first kappa shape index (κ1) is 16.3. The molecule has 0 saturated heterocycles. The van der Waals surface area contributed by atoms with Crippen molar-refractivity contribution in [2.24, 2.45) is 17.1 Å². The van der Waals surface area contributed by atoms with Crippen LogP contribution in [0.2, 0.25) is 0 Å². The summed E-state index contributed by atoms with van der Waals surface area (Å²) in [7, 11) is 0. The third kappa shape index (κ3) is 4.46. The van der Waals surface area contributed by atoms with Crippen molar-refractivity contribution in [2.75, 3.05) is 19.6 Å². The van der Waals surface area contributed by atoms with Gasteiger partial charge >= 0.3 is 0 Å². The molecule has 0 bridgehead atoms. The Morgan fingerprint density at radius 2 is 1.70 bits per heavy atom. The van der Waals surface area contributed by atoms with Crippen molar-refractivity contribution < 1.29 is 0 Å². The number of hydrogen-bond donors (Lipinski definition) is 1. The topological polar surface area (TPSA) is 29.3 Å². The van der Waals surface area contributed by atoms with Gasteiger partial charge in [-0.2, -0.15) is 0 Å². The lowest BCUT2D eigenvalue weighted by molar-refractivity contribution is 0.0786. The minimum absolute atomic E-state index is 0.442. The largest absolute Gasteiger partial charge is 0.330 e. The minimum Gasteiger partial charge on any atom is -0.330 e. The number of rotatable bonds is 7. The van der Waals surface area contributed by atoms with Gasteiger partial charge in [-0.05, 0) is 56.5 Å². The van der Waals surface area contributed by atoms with E-state index in [0.29, 0.717) is 5.41 Å². The molecule has 2 aliphatic rings. The molecule has 0 unspecified atom stereocenters. The molecule has 2 aliphatic carbocycles. The van der Waals surface area contributed by atoms with Crippen LogP contribution in [0.4, 0.5) is 0 Å². The van der Waals surface area contributed by atoms with E-state index >= 15 is 0 Å². The van der Waals surface area contributed by atoms with E-state index in [1.807, 2.05) is 0 Å². The quantitative estimate of drug-likeness (QED) is 0.758. The predicted molar refractivity (Wildman–Crippen MR) is 87.9 cm³/mol. The van der Waals surface area contributed by atoms with E-state index in [4.69, 9.17) is 5.73 Å².